The molecule has 1 amide bonds. The van der Waals surface area contributed by atoms with Crippen molar-refractivity contribution < 1.29 is 9.53 Å². The van der Waals surface area contributed by atoms with Gasteiger partial charge in [-0.1, -0.05) is 0 Å². The number of fused-ring (bicyclic) bond motifs is 1. The molecule has 0 aliphatic heterocycles. The number of H-pyrrole nitrogens is 1. The van der Waals surface area contributed by atoms with Crippen molar-refractivity contribution in [2.45, 2.75) is 32.7 Å². The van der Waals surface area contributed by atoms with E-state index < -0.39 is 0 Å². The molecular weight excluding hydrogens is 318 g/mol. The Kier molecular flexibility index (Phi) is 3.91. The molecule has 0 radical (unpaired) electrons. The zero-order chi connectivity index (χ0) is 17.4. The number of nitrogens with one attached hydrogen (secondary N) is 2. The largest absolute Gasteiger partial charge is 0.465 e. The lowest BCUT2D eigenvalue weighted by molar-refractivity contribution is 0.102. The SMILES string of the molecule is CCOc1nc2ccc(C(=O)Nc3cnn(C(C)C4CC4)c3)cc2[nH]1. The van der Waals surface area contributed by atoms with Gasteiger partial charge >= 0.3 is 0 Å². The minimum absolute atomic E-state index is 0.173. The number of aromatic amines is 1. The van der Waals surface area contributed by atoms with Crippen LogP contribution in [0.2, 0.25) is 0 Å². The molecule has 4 rings (SSSR count). The Morgan fingerprint density at radius 3 is 3.08 bits per heavy atom. The molecule has 130 valence electrons. The minimum atomic E-state index is -0.173. The van der Waals surface area contributed by atoms with Gasteiger partial charge in [0.25, 0.3) is 11.9 Å². The van der Waals surface area contributed by atoms with E-state index in [-0.39, 0.29) is 5.91 Å². The molecule has 0 saturated heterocycles. The van der Waals surface area contributed by atoms with E-state index in [0.717, 1.165) is 11.0 Å². The fraction of sp³-hybridized carbons (Fsp3) is 0.389. The Labute approximate surface area is 145 Å². The molecule has 1 aliphatic rings. The number of hydrogen-bond donors (Lipinski definition) is 2. The number of rotatable bonds is 6. The zero-order valence-corrected chi connectivity index (χ0v) is 14.3. The van der Waals surface area contributed by atoms with E-state index in [0.29, 0.717) is 35.8 Å². The van der Waals surface area contributed by atoms with Gasteiger partial charge in [0.2, 0.25) is 0 Å². The van der Waals surface area contributed by atoms with E-state index in [4.69, 9.17) is 4.74 Å². The zero-order valence-electron chi connectivity index (χ0n) is 14.3. The molecule has 7 heteroatoms. The highest BCUT2D eigenvalue weighted by molar-refractivity contribution is 6.05. The number of carbonyl (C=O) groups is 1. The van der Waals surface area contributed by atoms with Gasteiger partial charge in [-0.05, 0) is 50.8 Å². The van der Waals surface area contributed by atoms with Gasteiger partial charge in [-0.25, -0.2) is 0 Å². The van der Waals surface area contributed by atoms with Crippen molar-refractivity contribution in [1.82, 2.24) is 19.7 Å². The third-order valence-electron chi connectivity index (χ3n) is 4.58. The average molecular weight is 339 g/mol. The van der Waals surface area contributed by atoms with Crippen LogP contribution in [-0.4, -0.2) is 32.3 Å². The van der Waals surface area contributed by atoms with Crippen LogP contribution in [0.15, 0.2) is 30.6 Å². The van der Waals surface area contributed by atoms with Crippen molar-refractivity contribution in [3.05, 3.63) is 36.2 Å². The number of aromatic nitrogens is 4. The van der Waals surface area contributed by atoms with E-state index in [9.17, 15) is 4.79 Å². The van der Waals surface area contributed by atoms with Crippen LogP contribution in [0.25, 0.3) is 11.0 Å². The highest BCUT2D eigenvalue weighted by atomic mass is 16.5. The predicted octanol–water partition coefficient (Wildman–Crippen LogP) is 3.38. The molecule has 25 heavy (non-hydrogen) atoms. The van der Waals surface area contributed by atoms with Gasteiger partial charge in [0, 0.05) is 11.8 Å². The van der Waals surface area contributed by atoms with Gasteiger partial charge in [0.1, 0.15) is 0 Å². The lowest BCUT2D eigenvalue weighted by Crippen LogP contribution is -2.11. The summed E-state index contributed by atoms with van der Waals surface area (Å²) in [6, 6.07) is 6.18. The standard InChI is InChI=1S/C18H21N5O2/c1-3-25-18-21-15-7-6-13(8-16(15)22-18)17(24)20-14-9-19-23(10-14)11(2)12-4-5-12/h6-12H,3-5H2,1-2H3,(H,20,24)(H,21,22). The van der Waals surface area contributed by atoms with E-state index in [1.807, 2.05) is 23.9 Å². The number of hydrogen-bond acceptors (Lipinski definition) is 4. The van der Waals surface area contributed by atoms with E-state index >= 15 is 0 Å². The molecule has 0 spiro atoms. The maximum Gasteiger partial charge on any atom is 0.294 e. The number of imidazole rings is 1. The van der Waals surface area contributed by atoms with Crippen LogP contribution in [0.3, 0.4) is 0 Å². The third kappa shape index (κ3) is 3.22. The lowest BCUT2D eigenvalue weighted by atomic mass is 10.2. The second-order valence-electron chi connectivity index (χ2n) is 6.45. The quantitative estimate of drug-likeness (QED) is 0.721. The number of carbonyl (C=O) groups excluding carboxylic acids is 1. The first-order valence-electron chi connectivity index (χ1n) is 8.62. The topological polar surface area (TPSA) is 84.8 Å². The summed E-state index contributed by atoms with van der Waals surface area (Å²) in [5.74, 6) is 0.541. The summed E-state index contributed by atoms with van der Waals surface area (Å²) in [5.41, 5.74) is 2.81. The molecule has 3 aromatic rings. The third-order valence-corrected chi connectivity index (χ3v) is 4.58. The monoisotopic (exact) mass is 339 g/mol. The molecule has 0 bridgehead atoms. The summed E-state index contributed by atoms with van der Waals surface area (Å²) in [4.78, 5) is 19.9. The molecule has 1 saturated carbocycles. The average Bonchev–Trinajstić information content (AvgIpc) is 3.22. The fourth-order valence-corrected chi connectivity index (χ4v) is 2.96. The van der Waals surface area contributed by atoms with Gasteiger partial charge in [-0.15, -0.1) is 0 Å². The Morgan fingerprint density at radius 2 is 2.32 bits per heavy atom. The first-order chi connectivity index (χ1) is 12.1. The van der Waals surface area contributed by atoms with Crippen LogP contribution in [0, 0.1) is 5.92 Å². The molecule has 1 fully saturated rings. The van der Waals surface area contributed by atoms with Gasteiger partial charge in [-0.2, -0.15) is 10.1 Å². The summed E-state index contributed by atoms with van der Waals surface area (Å²) >= 11 is 0. The predicted molar refractivity (Wildman–Crippen MR) is 94.9 cm³/mol. The highest BCUT2D eigenvalue weighted by Gasteiger charge is 2.29. The Balaban J connectivity index is 1.49. The Hall–Kier alpha value is -2.83. The smallest absolute Gasteiger partial charge is 0.294 e. The number of amides is 1. The van der Waals surface area contributed by atoms with Crippen molar-refractivity contribution in [3.63, 3.8) is 0 Å². The summed E-state index contributed by atoms with van der Waals surface area (Å²) in [5, 5.41) is 7.27. The first kappa shape index (κ1) is 15.7. The molecule has 2 heterocycles. The van der Waals surface area contributed by atoms with Crippen molar-refractivity contribution in [1.29, 1.82) is 0 Å². The molecule has 1 atom stereocenters. The summed E-state index contributed by atoms with van der Waals surface area (Å²) in [7, 11) is 0. The Morgan fingerprint density at radius 1 is 1.48 bits per heavy atom. The molecule has 1 aromatic carbocycles. The molecule has 1 unspecified atom stereocenters. The summed E-state index contributed by atoms with van der Waals surface area (Å²) < 4.78 is 7.29. The van der Waals surface area contributed by atoms with Crippen molar-refractivity contribution in [2.24, 2.45) is 5.92 Å². The van der Waals surface area contributed by atoms with Crippen molar-refractivity contribution >= 4 is 22.6 Å². The molecule has 2 aromatic heterocycles. The van der Waals surface area contributed by atoms with E-state index in [1.54, 1.807) is 18.3 Å². The van der Waals surface area contributed by atoms with E-state index in [1.165, 1.54) is 12.8 Å². The maximum absolute atomic E-state index is 12.5. The van der Waals surface area contributed by atoms with Crippen LogP contribution in [0.4, 0.5) is 5.69 Å². The van der Waals surface area contributed by atoms with E-state index in [2.05, 4.69) is 27.3 Å². The molecular formula is C18H21N5O2. The number of ether oxygens (including phenoxy) is 1. The minimum Gasteiger partial charge on any atom is -0.465 e. The lowest BCUT2D eigenvalue weighted by Gasteiger charge is -2.09. The fourth-order valence-electron chi connectivity index (χ4n) is 2.96. The van der Waals surface area contributed by atoms with Crippen LogP contribution in [0.1, 0.15) is 43.1 Å². The van der Waals surface area contributed by atoms with Gasteiger partial charge < -0.3 is 15.0 Å². The number of anilines is 1. The summed E-state index contributed by atoms with van der Waals surface area (Å²) in [6.45, 7) is 4.60. The van der Waals surface area contributed by atoms with Crippen molar-refractivity contribution in [2.75, 3.05) is 11.9 Å². The van der Waals surface area contributed by atoms with Gasteiger partial charge in [0.15, 0.2) is 0 Å². The number of nitrogens with zero attached hydrogens (tertiary/aromatic N) is 3. The highest BCUT2D eigenvalue weighted by Crippen LogP contribution is 2.39. The van der Waals surface area contributed by atoms with Gasteiger partial charge in [0.05, 0.1) is 35.6 Å². The second kappa shape index (κ2) is 6.23. The molecule has 2 N–H and O–H groups in total. The second-order valence-corrected chi connectivity index (χ2v) is 6.45. The maximum atomic E-state index is 12.5. The van der Waals surface area contributed by atoms with Crippen LogP contribution in [0.5, 0.6) is 6.01 Å². The molecule has 1 aliphatic carbocycles. The number of benzene rings is 1. The first-order valence-corrected chi connectivity index (χ1v) is 8.62. The van der Waals surface area contributed by atoms with Crippen LogP contribution < -0.4 is 10.1 Å². The summed E-state index contributed by atoms with van der Waals surface area (Å²) in [6.07, 6.45) is 6.11. The van der Waals surface area contributed by atoms with Crippen LogP contribution in [-0.2, 0) is 0 Å². The van der Waals surface area contributed by atoms with Crippen molar-refractivity contribution in [3.8, 4) is 6.01 Å². The molecule has 7 nitrogen and oxygen atoms in total. The normalized spacial score (nSPS) is 15.3. The Bertz CT molecular complexity index is 909. The van der Waals surface area contributed by atoms with Crippen LogP contribution >= 0.6 is 0 Å². The van der Waals surface area contributed by atoms with Gasteiger partial charge in [-0.3, -0.25) is 9.48 Å².